The van der Waals surface area contributed by atoms with Crippen molar-refractivity contribution in [1.82, 2.24) is 0 Å². The highest BCUT2D eigenvalue weighted by Gasteiger charge is 2.07. The maximum atomic E-state index is 12.2. The molecule has 2 N–H and O–H groups in total. The largest absolute Gasteiger partial charge is 0.489 e. The van der Waals surface area contributed by atoms with Crippen LogP contribution in [0.1, 0.15) is 12.5 Å². The van der Waals surface area contributed by atoms with Crippen LogP contribution in [0.5, 0.6) is 5.75 Å². The highest BCUT2D eigenvalue weighted by Crippen LogP contribution is 2.19. The van der Waals surface area contributed by atoms with Crippen molar-refractivity contribution in [3.8, 4) is 5.75 Å². The summed E-state index contributed by atoms with van der Waals surface area (Å²) in [5, 5.41) is 5.94. The zero-order chi connectivity index (χ0) is 21.3. The van der Waals surface area contributed by atoms with Crippen molar-refractivity contribution < 1.29 is 14.3 Å². The third kappa shape index (κ3) is 6.10. The van der Waals surface area contributed by atoms with Crippen LogP contribution in [0, 0.1) is 0 Å². The molecule has 154 valence electrons. The second kappa shape index (κ2) is 10.1. The fourth-order valence-electron chi connectivity index (χ4n) is 2.77. The smallest absolute Gasteiger partial charge is 0.243 e. The Hall–Kier alpha value is -3.80. The van der Waals surface area contributed by atoms with Crippen molar-refractivity contribution >= 4 is 28.9 Å². The number of carbonyl (C=O) groups is 2. The summed E-state index contributed by atoms with van der Waals surface area (Å²) in [6.45, 7) is 2.11. The number of rotatable bonds is 8. The number of ether oxygens (including phenoxy) is 1. The molecule has 0 heterocycles. The molecule has 3 aromatic carbocycles. The number of nitrogens with zero attached hydrogens (tertiary/aromatic N) is 1. The van der Waals surface area contributed by atoms with Crippen LogP contribution in [0.2, 0.25) is 0 Å². The zero-order valence-electron chi connectivity index (χ0n) is 17.1. The molecule has 2 amide bonds. The monoisotopic (exact) mass is 403 g/mol. The summed E-state index contributed by atoms with van der Waals surface area (Å²) in [6, 6.07) is 24.6. The molecule has 0 aliphatic heterocycles. The van der Waals surface area contributed by atoms with E-state index < -0.39 is 0 Å². The van der Waals surface area contributed by atoms with E-state index in [0.717, 1.165) is 22.7 Å². The molecule has 0 aromatic heterocycles. The van der Waals surface area contributed by atoms with Gasteiger partial charge in [-0.1, -0.05) is 36.4 Å². The molecule has 6 nitrogen and oxygen atoms in total. The van der Waals surface area contributed by atoms with Crippen LogP contribution in [0.15, 0.2) is 78.9 Å². The first-order valence-electron chi connectivity index (χ1n) is 9.66. The maximum Gasteiger partial charge on any atom is 0.243 e. The minimum Gasteiger partial charge on any atom is -0.489 e. The third-order valence-electron chi connectivity index (χ3n) is 4.55. The fraction of sp³-hybridized carbons (Fsp3) is 0.167. The predicted octanol–water partition coefficient (Wildman–Crippen LogP) is 4.30. The molecule has 0 spiro atoms. The van der Waals surface area contributed by atoms with Crippen LogP contribution >= 0.6 is 0 Å². The molecule has 30 heavy (non-hydrogen) atoms. The van der Waals surface area contributed by atoms with Crippen LogP contribution in [0.25, 0.3) is 0 Å². The topological polar surface area (TPSA) is 70.7 Å². The summed E-state index contributed by atoms with van der Waals surface area (Å²) in [7, 11) is 1.71. The maximum absolute atomic E-state index is 12.2. The molecular formula is C24H25N3O3. The van der Waals surface area contributed by atoms with Crippen molar-refractivity contribution in [2.75, 3.05) is 29.1 Å². The van der Waals surface area contributed by atoms with Gasteiger partial charge in [-0.25, -0.2) is 0 Å². The van der Waals surface area contributed by atoms with Gasteiger partial charge in [0.2, 0.25) is 11.8 Å². The Morgan fingerprint density at radius 1 is 0.900 bits per heavy atom. The third-order valence-corrected chi connectivity index (χ3v) is 4.55. The Labute approximate surface area is 176 Å². The number of carbonyl (C=O) groups excluding carboxylic acids is 2. The summed E-state index contributed by atoms with van der Waals surface area (Å²) in [4.78, 5) is 25.2. The van der Waals surface area contributed by atoms with Gasteiger partial charge in [0.1, 0.15) is 12.4 Å². The van der Waals surface area contributed by atoms with Crippen molar-refractivity contribution in [2.45, 2.75) is 13.5 Å². The van der Waals surface area contributed by atoms with Crippen molar-refractivity contribution in [3.05, 3.63) is 84.4 Å². The first kappa shape index (κ1) is 20.9. The lowest BCUT2D eigenvalue weighted by Gasteiger charge is -2.15. The highest BCUT2D eigenvalue weighted by molar-refractivity contribution is 5.95. The van der Waals surface area contributed by atoms with Gasteiger partial charge in [0.15, 0.2) is 0 Å². The zero-order valence-corrected chi connectivity index (χ0v) is 17.1. The van der Waals surface area contributed by atoms with E-state index in [4.69, 9.17) is 4.74 Å². The van der Waals surface area contributed by atoms with Crippen LogP contribution in [-0.2, 0) is 16.2 Å². The molecule has 0 fully saturated rings. The predicted molar refractivity (Wildman–Crippen MR) is 120 cm³/mol. The molecule has 3 rings (SSSR count). The molecule has 0 saturated heterocycles. The van der Waals surface area contributed by atoms with Gasteiger partial charge in [-0.2, -0.15) is 0 Å². The Morgan fingerprint density at radius 3 is 2.33 bits per heavy atom. The van der Waals surface area contributed by atoms with Crippen molar-refractivity contribution in [3.63, 3.8) is 0 Å². The molecule has 0 aliphatic rings. The van der Waals surface area contributed by atoms with E-state index in [9.17, 15) is 9.59 Å². The van der Waals surface area contributed by atoms with Crippen molar-refractivity contribution in [1.29, 1.82) is 0 Å². The van der Waals surface area contributed by atoms with Crippen LogP contribution < -0.4 is 20.3 Å². The number of anilines is 3. The second-order valence-electron chi connectivity index (χ2n) is 6.83. The average molecular weight is 403 g/mol. The molecule has 0 aliphatic carbocycles. The molecule has 6 heteroatoms. The first-order valence-corrected chi connectivity index (χ1v) is 9.66. The quantitative estimate of drug-likeness (QED) is 0.588. The summed E-state index contributed by atoms with van der Waals surface area (Å²) < 4.78 is 5.81. The first-order chi connectivity index (χ1) is 14.5. The van der Waals surface area contributed by atoms with Gasteiger partial charge in [0.25, 0.3) is 0 Å². The number of benzene rings is 3. The minimum absolute atomic E-state index is 0.0500. The number of hydrogen-bond donors (Lipinski definition) is 2. The minimum atomic E-state index is -0.168. The van der Waals surface area contributed by atoms with Crippen LogP contribution in [-0.4, -0.2) is 25.4 Å². The van der Waals surface area contributed by atoms with Gasteiger partial charge in [0.05, 0.1) is 6.54 Å². The van der Waals surface area contributed by atoms with E-state index >= 15 is 0 Å². The van der Waals surface area contributed by atoms with Gasteiger partial charge in [-0.15, -0.1) is 0 Å². The number of amides is 2. The number of nitrogens with one attached hydrogen (secondary N) is 2. The Balaban J connectivity index is 1.49. The molecular weight excluding hydrogens is 378 g/mol. The van der Waals surface area contributed by atoms with Gasteiger partial charge < -0.3 is 20.3 Å². The van der Waals surface area contributed by atoms with Crippen LogP contribution in [0.4, 0.5) is 17.1 Å². The Bertz CT molecular complexity index is 988. The fourth-order valence-corrected chi connectivity index (χ4v) is 2.77. The van der Waals surface area contributed by atoms with E-state index in [1.165, 1.54) is 6.92 Å². The molecule has 0 radical (unpaired) electrons. The summed E-state index contributed by atoms with van der Waals surface area (Å²) in [6.07, 6.45) is 0. The lowest BCUT2D eigenvalue weighted by Crippen LogP contribution is -2.23. The standard InChI is InChI=1S/C24H25N3O3/c1-18(28)27(2)22-13-11-20(12-14-22)26-24(29)16-25-21-9-6-10-23(15-21)30-17-19-7-4-3-5-8-19/h3-15,25H,16-17H2,1-2H3,(H,26,29). The van der Waals surface area contributed by atoms with Gasteiger partial charge in [0, 0.05) is 37.1 Å². The van der Waals surface area contributed by atoms with E-state index in [1.807, 2.05) is 54.6 Å². The average Bonchev–Trinajstić information content (AvgIpc) is 2.77. The Kier molecular flexibility index (Phi) is 7.05. The lowest BCUT2D eigenvalue weighted by atomic mass is 10.2. The second-order valence-corrected chi connectivity index (χ2v) is 6.83. The molecule has 3 aromatic rings. The SMILES string of the molecule is CC(=O)N(C)c1ccc(NC(=O)CNc2cccc(OCc3ccccc3)c2)cc1. The normalized spacial score (nSPS) is 10.2. The summed E-state index contributed by atoms with van der Waals surface area (Å²) >= 11 is 0. The van der Waals surface area contributed by atoms with Gasteiger partial charge in [-0.05, 0) is 42.0 Å². The lowest BCUT2D eigenvalue weighted by molar-refractivity contribution is -0.116. The summed E-state index contributed by atoms with van der Waals surface area (Å²) in [5.74, 6) is 0.513. The number of hydrogen-bond acceptors (Lipinski definition) is 4. The van der Waals surface area contributed by atoms with E-state index in [2.05, 4.69) is 10.6 Å². The highest BCUT2D eigenvalue weighted by atomic mass is 16.5. The Morgan fingerprint density at radius 2 is 1.63 bits per heavy atom. The van der Waals surface area contributed by atoms with Gasteiger partial charge >= 0.3 is 0 Å². The summed E-state index contributed by atoms with van der Waals surface area (Å²) in [5.41, 5.74) is 3.33. The molecule has 0 bridgehead atoms. The molecule has 0 saturated carbocycles. The van der Waals surface area contributed by atoms with E-state index in [1.54, 1.807) is 36.2 Å². The van der Waals surface area contributed by atoms with Crippen molar-refractivity contribution in [2.24, 2.45) is 0 Å². The van der Waals surface area contributed by atoms with E-state index in [-0.39, 0.29) is 18.4 Å². The molecule has 0 unspecified atom stereocenters. The molecule has 0 atom stereocenters. The van der Waals surface area contributed by atoms with Gasteiger partial charge in [-0.3, -0.25) is 9.59 Å². The van der Waals surface area contributed by atoms with Crippen LogP contribution in [0.3, 0.4) is 0 Å². The van der Waals surface area contributed by atoms with E-state index in [0.29, 0.717) is 12.3 Å².